The molecule has 2 N–H and O–H groups in total. The Kier molecular flexibility index (Phi) is 5.01. The summed E-state index contributed by atoms with van der Waals surface area (Å²) in [5.74, 6) is 1.03. The van der Waals surface area contributed by atoms with Gasteiger partial charge in [0, 0.05) is 16.8 Å². The fourth-order valence-corrected chi connectivity index (χ4v) is 3.25. The maximum Gasteiger partial charge on any atom is 0.191 e. The minimum absolute atomic E-state index is 0.231. The van der Waals surface area contributed by atoms with Crippen LogP contribution in [0, 0.1) is 5.82 Å². The average molecular weight is 315 g/mol. The van der Waals surface area contributed by atoms with Crippen molar-refractivity contribution in [1.82, 2.24) is 14.8 Å². The summed E-state index contributed by atoms with van der Waals surface area (Å²) in [6.45, 7) is 4.46. The molecule has 108 valence electrons. The summed E-state index contributed by atoms with van der Waals surface area (Å²) in [6, 6.07) is 4.63. The lowest BCUT2D eigenvalue weighted by atomic mass is 10.2. The third-order valence-electron chi connectivity index (χ3n) is 2.81. The van der Waals surface area contributed by atoms with E-state index in [1.54, 1.807) is 6.07 Å². The van der Waals surface area contributed by atoms with Gasteiger partial charge in [-0.15, -0.1) is 10.2 Å². The van der Waals surface area contributed by atoms with Crippen LogP contribution in [0.25, 0.3) is 0 Å². The number of thioether (sulfide) groups is 1. The molecule has 0 aliphatic heterocycles. The first kappa shape index (κ1) is 15.3. The number of nitrogens with two attached hydrogens (primary N) is 1. The molecule has 0 aliphatic carbocycles. The fraction of sp³-hybridized carbons (Fsp3) is 0.385. The largest absolute Gasteiger partial charge is 0.324 e. The first-order valence-corrected chi connectivity index (χ1v) is 7.60. The molecule has 0 spiro atoms. The van der Waals surface area contributed by atoms with Gasteiger partial charge in [0.1, 0.15) is 11.6 Å². The topological polar surface area (TPSA) is 56.7 Å². The molecule has 1 aromatic heterocycles. The molecule has 0 bridgehead atoms. The zero-order valence-electron chi connectivity index (χ0n) is 11.3. The van der Waals surface area contributed by atoms with Crippen LogP contribution in [0.15, 0.2) is 23.4 Å². The summed E-state index contributed by atoms with van der Waals surface area (Å²) >= 11 is 7.53. The Labute approximate surface area is 126 Å². The van der Waals surface area contributed by atoms with Crippen LogP contribution in [0.4, 0.5) is 4.39 Å². The van der Waals surface area contributed by atoms with Crippen LogP contribution in [0.1, 0.15) is 31.3 Å². The van der Waals surface area contributed by atoms with Crippen LogP contribution < -0.4 is 5.73 Å². The average Bonchev–Trinajstić information content (AvgIpc) is 2.80. The van der Waals surface area contributed by atoms with E-state index in [9.17, 15) is 4.39 Å². The van der Waals surface area contributed by atoms with Crippen LogP contribution >= 0.6 is 23.4 Å². The van der Waals surface area contributed by atoms with Crippen molar-refractivity contribution in [3.8, 4) is 0 Å². The molecule has 0 atom stereocenters. The van der Waals surface area contributed by atoms with E-state index in [0.717, 1.165) is 16.5 Å². The maximum atomic E-state index is 13.0. The van der Waals surface area contributed by atoms with Gasteiger partial charge in [0.05, 0.1) is 6.54 Å². The van der Waals surface area contributed by atoms with Crippen LogP contribution in [-0.2, 0) is 12.3 Å². The van der Waals surface area contributed by atoms with E-state index in [1.165, 1.54) is 23.9 Å². The number of hydrogen-bond donors (Lipinski definition) is 1. The monoisotopic (exact) mass is 314 g/mol. The van der Waals surface area contributed by atoms with Gasteiger partial charge < -0.3 is 10.3 Å². The third-order valence-corrected chi connectivity index (χ3v) is 4.15. The number of nitrogens with zero attached hydrogens (tertiary/aromatic N) is 3. The number of aromatic nitrogens is 3. The molecular formula is C13H16ClFN4S. The van der Waals surface area contributed by atoms with Crippen molar-refractivity contribution in [1.29, 1.82) is 0 Å². The van der Waals surface area contributed by atoms with Gasteiger partial charge in [0.2, 0.25) is 0 Å². The van der Waals surface area contributed by atoms with Crippen molar-refractivity contribution < 1.29 is 4.39 Å². The second-order valence-electron chi connectivity index (χ2n) is 4.59. The molecule has 0 radical (unpaired) electrons. The molecule has 4 nitrogen and oxygen atoms in total. The summed E-state index contributed by atoms with van der Waals surface area (Å²) in [4.78, 5) is 0. The predicted molar refractivity (Wildman–Crippen MR) is 79.3 cm³/mol. The highest BCUT2D eigenvalue weighted by molar-refractivity contribution is 7.98. The highest BCUT2D eigenvalue weighted by atomic mass is 35.5. The Morgan fingerprint density at radius 1 is 1.40 bits per heavy atom. The normalized spacial score (nSPS) is 11.3. The van der Waals surface area contributed by atoms with Crippen LogP contribution in [0.5, 0.6) is 0 Å². The highest BCUT2D eigenvalue weighted by Gasteiger charge is 2.14. The molecule has 1 heterocycles. The van der Waals surface area contributed by atoms with E-state index in [2.05, 4.69) is 24.0 Å². The SMILES string of the molecule is CC(C)n1c(CN)nnc1SCc1ccc(F)cc1Cl. The first-order chi connectivity index (χ1) is 9.52. The Morgan fingerprint density at radius 3 is 2.75 bits per heavy atom. The molecule has 7 heteroatoms. The lowest BCUT2D eigenvalue weighted by Gasteiger charge is -2.13. The van der Waals surface area contributed by atoms with Gasteiger partial charge >= 0.3 is 0 Å². The van der Waals surface area contributed by atoms with Crippen LogP contribution in [0.2, 0.25) is 5.02 Å². The van der Waals surface area contributed by atoms with Gasteiger partial charge in [0.25, 0.3) is 0 Å². The first-order valence-electron chi connectivity index (χ1n) is 6.23. The molecule has 0 saturated heterocycles. The summed E-state index contributed by atoms with van der Waals surface area (Å²) in [7, 11) is 0. The molecule has 1 aromatic carbocycles. The smallest absolute Gasteiger partial charge is 0.191 e. The van der Waals surface area contributed by atoms with Crippen molar-refractivity contribution in [2.45, 2.75) is 37.3 Å². The minimum atomic E-state index is -0.334. The molecule has 0 aliphatic rings. The lowest BCUT2D eigenvalue weighted by Crippen LogP contribution is -2.11. The molecule has 2 rings (SSSR count). The Bertz CT molecular complexity index is 600. The van der Waals surface area contributed by atoms with Gasteiger partial charge in [-0.2, -0.15) is 0 Å². The minimum Gasteiger partial charge on any atom is -0.324 e. The molecule has 0 fully saturated rings. The zero-order valence-corrected chi connectivity index (χ0v) is 12.9. The Morgan fingerprint density at radius 2 is 2.15 bits per heavy atom. The lowest BCUT2D eigenvalue weighted by molar-refractivity contribution is 0.526. The second kappa shape index (κ2) is 6.56. The van der Waals surface area contributed by atoms with Crippen molar-refractivity contribution in [3.05, 3.63) is 40.4 Å². The summed E-state index contributed by atoms with van der Waals surface area (Å²) in [5.41, 5.74) is 6.52. The standard InChI is InChI=1S/C13H16ClFN4S/c1-8(2)19-12(6-16)17-18-13(19)20-7-9-3-4-10(15)5-11(9)14/h3-5,8H,6-7,16H2,1-2H3. The number of rotatable bonds is 5. The summed E-state index contributed by atoms with van der Waals surface area (Å²) < 4.78 is 15.0. The molecule has 20 heavy (non-hydrogen) atoms. The van der Waals surface area contributed by atoms with Crippen molar-refractivity contribution in [2.75, 3.05) is 0 Å². The maximum absolute atomic E-state index is 13.0. The van der Waals surface area contributed by atoms with E-state index < -0.39 is 0 Å². The van der Waals surface area contributed by atoms with Gasteiger partial charge in [0.15, 0.2) is 5.16 Å². The van der Waals surface area contributed by atoms with Gasteiger partial charge in [-0.25, -0.2) is 4.39 Å². The third kappa shape index (κ3) is 3.31. The predicted octanol–water partition coefficient (Wildman–Crippen LogP) is 3.40. The fourth-order valence-electron chi connectivity index (χ4n) is 1.84. The molecule has 0 unspecified atom stereocenters. The zero-order chi connectivity index (χ0) is 14.7. The summed E-state index contributed by atoms with van der Waals surface area (Å²) in [6.07, 6.45) is 0. The van der Waals surface area contributed by atoms with Crippen molar-refractivity contribution >= 4 is 23.4 Å². The molecule has 2 aromatic rings. The molecule has 0 saturated carbocycles. The highest BCUT2D eigenvalue weighted by Crippen LogP contribution is 2.28. The van der Waals surface area contributed by atoms with E-state index >= 15 is 0 Å². The van der Waals surface area contributed by atoms with E-state index in [4.69, 9.17) is 17.3 Å². The van der Waals surface area contributed by atoms with Gasteiger partial charge in [-0.1, -0.05) is 29.4 Å². The van der Waals surface area contributed by atoms with Crippen LogP contribution in [0.3, 0.4) is 0 Å². The van der Waals surface area contributed by atoms with Crippen molar-refractivity contribution in [2.24, 2.45) is 5.73 Å². The Hall–Kier alpha value is -1.11. The van der Waals surface area contributed by atoms with Crippen molar-refractivity contribution in [3.63, 3.8) is 0 Å². The molecule has 0 amide bonds. The van der Waals surface area contributed by atoms with E-state index in [-0.39, 0.29) is 11.9 Å². The number of benzene rings is 1. The number of hydrogen-bond acceptors (Lipinski definition) is 4. The molecular weight excluding hydrogens is 299 g/mol. The van der Waals surface area contributed by atoms with E-state index in [0.29, 0.717) is 17.3 Å². The Balaban J connectivity index is 2.17. The van der Waals surface area contributed by atoms with E-state index in [1.807, 2.05) is 4.57 Å². The quantitative estimate of drug-likeness (QED) is 0.859. The summed E-state index contributed by atoms with van der Waals surface area (Å²) in [5, 5.41) is 9.44. The second-order valence-corrected chi connectivity index (χ2v) is 5.94. The number of halogens is 2. The van der Waals surface area contributed by atoms with Crippen LogP contribution in [-0.4, -0.2) is 14.8 Å². The van der Waals surface area contributed by atoms with Gasteiger partial charge in [-0.05, 0) is 31.5 Å². The van der Waals surface area contributed by atoms with Gasteiger partial charge in [-0.3, -0.25) is 0 Å².